The Labute approximate surface area is 156 Å². The monoisotopic (exact) mass is 401 g/mol. The number of hydrogen-bond donors (Lipinski definition) is 2. The Kier molecular flexibility index (Phi) is 6.40. The lowest BCUT2D eigenvalue weighted by Gasteiger charge is -2.19. The Morgan fingerprint density at radius 2 is 2.07 bits per heavy atom. The molecule has 0 radical (unpaired) electrons. The van der Waals surface area contributed by atoms with E-state index in [-0.39, 0.29) is 32.0 Å². The van der Waals surface area contributed by atoms with Crippen LogP contribution in [-0.4, -0.2) is 63.0 Å². The highest BCUT2D eigenvalue weighted by Crippen LogP contribution is 2.48. The van der Waals surface area contributed by atoms with Gasteiger partial charge in [0.05, 0.1) is 32.3 Å². The van der Waals surface area contributed by atoms with Crippen molar-refractivity contribution in [3.8, 4) is 0 Å². The summed E-state index contributed by atoms with van der Waals surface area (Å²) in [4.78, 5) is 12.3. The number of nitrogens with zero attached hydrogens (tertiary/aromatic N) is 4. The van der Waals surface area contributed by atoms with Crippen molar-refractivity contribution in [3.63, 3.8) is 0 Å². The van der Waals surface area contributed by atoms with Gasteiger partial charge in [-0.05, 0) is 13.8 Å². The van der Waals surface area contributed by atoms with Crippen molar-refractivity contribution in [2.75, 3.05) is 31.9 Å². The van der Waals surface area contributed by atoms with Gasteiger partial charge in [-0.15, -0.1) is 0 Å². The molecule has 3 N–H and O–H groups in total. The lowest BCUT2D eigenvalue weighted by atomic mass is 10.2. The molecule has 3 atom stereocenters. The second-order valence-corrected chi connectivity index (χ2v) is 7.96. The van der Waals surface area contributed by atoms with Crippen LogP contribution in [0.25, 0.3) is 11.2 Å². The summed E-state index contributed by atoms with van der Waals surface area (Å²) in [5, 5.41) is 10.3. The van der Waals surface area contributed by atoms with E-state index in [1.165, 1.54) is 6.33 Å². The molecule has 12 heteroatoms. The van der Waals surface area contributed by atoms with Crippen molar-refractivity contribution in [1.82, 2.24) is 19.5 Å². The highest BCUT2D eigenvalue weighted by Gasteiger charge is 2.36. The Morgan fingerprint density at radius 3 is 2.78 bits per heavy atom. The van der Waals surface area contributed by atoms with Crippen LogP contribution in [0.15, 0.2) is 12.7 Å². The second-order valence-electron chi connectivity index (χ2n) is 5.96. The summed E-state index contributed by atoms with van der Waals surface area (Å²) in [6.45, 7) is 4.01. The van der Waals surface area contributed by atoms with E-state index < -0.39 is 26.0 Å². The van der Waals surface area contributed by atoms with Crippen LogP contribution in [0.3, 0.4) is 0 Å². The number of ether oxygens (including phenoxy) is 2. The van der Waals surface area contributed by atoms with Crippen molar-refractivity contribution in [1.29, 1.82) is 0 Å². The van der Waals surface area contributed by atoms with Gasteiger partial charge >= 0.3 is 7.60 Å². The molecule has 11 nitrogen and oxygen atoms in total. The van der Waals surface area contributed by atoms with Gasteiger partial charge in [-0.3, -0.25) is 9.13 Å². The summed E-state index contributed by atoms with van der Waals surface area (Å²) in [6, 6.07) is 0. The van der Waals surface area contributed by atoms with Gasteiger partial charge in [0.15, 0.2) is 11.5 Å². The van der Waals surface area contributed by atoms with Crippen LogP contribution in [0, 0.1) is 0 Å². The van der Waals surface area contributed by atoms with Gasteiger partial charge in [0.25, 0.3) is 0 Å². The first-order chi connectivity index (χ1) is 13.0. The molecule has 0 aliphatic carbocycles. The number of aromatic nitrogens is 4. The van der Waals surface area contributed by atoms with Gasteiger partial charge in [-0.2, -0.15) is 0 Å². The Morgan fingerprint density at radius 1 is 1.33 bits per heavy atom. The number of nitrogen functional groups attached to an aromatic ring is 1. The predicted octanol–water partition coefficient (Wildman–Crippen LogP) is 1.30. The van der Waals surface area contributed by atoms with Gasteiger partial charge in [-0.25, -0.2) is 15.0 Å². The first-order valence-corrected chi connectivity index (χ1v) is 10.4. The van der Waals surface area contributed by atoms with Crippen LogP contribution in [0.2, 0.25) is 0 Å². The molecule has 0 unspecified atom stereocenters. The van der Waals surface area contributed by atoms with E-state index in [9.17, 15) is 9.67 Å². The van der Waals surface area contributed by atoms with E-state index in [0.29, 0.717) is 17.6 Å². The third kappa shape index (κ3) is 4.45. The standard InChI is InChI=1S/C15H24N5O6P/c1-3-24-27(22,25-4-2)9-23-6-11-10(21)5-12(26-11)20-8-19-13-14(16)17-7-18-15(13)20/h7-8,10-12,21H,3-6,9H2,1-2H3,(H2,16,17,18)/t10-,11+,12+/m0/s1. The van der Waals surface area contributed by atoms with Crippen LogP contribution in [0.4, 0.5) is 5.82 Å². The summed E-state index contributed by atoms with van der Waals surface area (Å²) < 4.78 is 35.8. The van der Waals surface area contributed by atoms with Crippen LogP contribution in [0.1, 0.15) is 26.5 Å². The Bertz CT molecular complexity index is 807. The number of rotatable bonds is 9. The molecule has 1 saturated heterocycles. The molecular formula is C15H24N5O6P. The topological polar surface area (TPSA) is 144 Å². The number of aliphatic hydroxyl groups excluding tert-OH is 1. The SMILES string of the molecule is CCOP(=O)(COC[C@H]1O[C@@H](n2cnc3c(N)ncnc32)C[C@@H]1O)OCC. The summed E-state index contributed by atoms with van der Waals surface area (Å²) in [6.07, 6.45) is 1.20. The Hall–Kier alpha value is -1.62. The molecular weight excluding hydrogens is 377 g/mol. The van der Waals surface area contributed by atoms with Gasteiger partial charge < -0.3 is 29.4 Å². The number of imidazole rings is 1. The van der Waals surface area contributed by atoms with Crippen LogP contribution in [0.5, 0.6) is 0 Å². The van der Waals surface area contributed by atoms with E-state index in [1.54, 1.807) is 24.7 Å². The molecule has 0 bridgehead atoms. The van der Waals surface area contributed by atoms with Crippen molar-refractivity contribution < 1.29 is 28.2 Å². The first-order valence-electron chi connectivity index (χ1n) is 8.69. The quantitative estimate of drug-likeness (QED) is 0.590. The fraction of sp³-hybridized carbons (Fsp3) is 0.667. The molecule has 150 valence electrons. The van der Waals surface area contributed by atoms with Crippen molar-refractivity contribution in [3.05, 3.63) is 12.7 Å². The largest absolute Gasteiger partial charge is 0.390 e. The second kappa shape index (κ2) is 8.59. The molecule has 0 saturated carbocycles. The molecule has 3 rings (SSSR count). The number of hydrogen-bond acceptors (Lipinski definition) is 10. The van der Waals surface area contributed by atoms with E-state index in [1.807, 2.05) is 0 Å². The molecule has 0 aromatic carbocycles. The van der Waals surface area contributed by atoms with E-state index >= 15 is 0 Å². The summed E-state index contributed by atoms with van der Waals surface area (Å²) in [7, 11) is -3.30. The summed E-state index contributed by atoms with van der Waals surface area (Å²) in [5.41, 5.74) is 6.79. The lowest BCUT2D eigenvalue weighted by molar-refractivity contribution is -0.0570. The third-order valence-corrected chi connectivity index (χ3v) is 5.89. The average Bonchev–Trinajstić information content (AvgIpc) is 3.20. The molecule has 0 spiro atoms. The van der Waals surface area contributed by atoms with Gasteiger partial charge in [0, 0.05) is 6.42 Å². The molecule has 1 aliphatic heterocycles. The fourth-order valence-electron chi connectivity index (χ4n) is 2.90. The lowest BCUT2D eigenvalue weighted by Crippen LogP contribution is -2.26. The smallest absolute Gasteiger partial charge is 0.356 e. The number of fused-ring (bicyclic) bond motifs is 1. The summed E-state index contributed by atoms with van der Waals surface area (Å²) in [5.74, 6) is 0.278. The van der Waals surface area contributed by atoms with Crippen molar-refractivity contribution in [2.24, 2.45) is 0 Å². The maximum atomic E-state index is 12.4. The minimum Gasteiger partial charge on any atom is -0.390 e. The Balaban J connectivity index is 1.61. The van der Waals surface area contributed by atoms with Crippen molar-refractivity contribution >= 4 is 24.6 Å². The molecule has 2 aromatic rings. The zero-order valence-corrected chi connectivity index (χ0v) is 16.1. The maximum Gasteiger partial charge on any atom is 0.356 e. The summed E-state index contributed by atoms with van der Waals surface area (Å²) >= 11 is 0. The maximum absolute atomic E-state index is 12.4. The number of anilines is 1. The normalized spacial score (nSPS) is 23.3. The average molecular weight is 401 g/mol. The van der Waals surface area contributed by atoms with E-state index in [2.05, 4.69) is 15.0 Å². The highest BCUT2D eigenvalue weighted by atomic mass is 31.2. The molecule has 27 heavy (non-hydrogen) atoms. The van der Waals surface area contributed by atoms with E-state index in [0.717, 1.165) is 0 Å². The molecule has 1 aliphatic rings. The predicted molar refractivity (Wildman–Crippen MR) is 95.9 cm³/mol. The molecule has 1 fully saturated rings. The minimum atomic E-state index is -3.30. The van der Waals surface area contributed by atoms with Gasteiger partial charge in [-0.1, -0.05) is 0 Å². The van der Waals surface area contributed by atoms with Crippen LogP contribution < -0.4 is 5.73 Å². The number of nitrogens with two attached hydrogens (primary N) is 1. The van der Waals surface area contributed by atoms with Gasteiger partial charge in [0.1, 0.15) is 30.5 Å². The first kappa shape index (κ1) is 20.1. The molecule has 2 aromatic heterocycles. The number of aliphatic hydroxyl groups is 1. The highest BCUT2D eigenvalue weighted by molar-refractivity contribution is 7.53. The zero-order chi connectivity index (χ0) is 19.4. The minimum absolute atomic E-state index is 0.0472. The van der Waals surface area contributed by atoms with Crippen LogP contribution >= 0.6 is 7.60 Å². The van der Waals surface area contributed by atoms with Crippen LogP contribution in [-0.2, 0) is 23.1 Å². The zero-order valence-electron chi connectivity index (χ0n) is 15.2. The van der Waals surface area contributed by atoms with E-state index in [4.69, 9.17) is 24.3 Å². The molecule has 3 heterocycles. The fourth-order valence-corrected chi connectivity index (χ4v) is 4.24. The third-order valence-electron chi connectivity index (χ3n) is 4.08. The molecule has 0 amide bonds. The van der Waals surface area contributed by atoms with Crippen molar-refractivity contribution in [2.45, 2.75) is 38.7 Å². The van der Waals surface area contributed by atoms with Gasteiger partial charge in [0.2, 0.25) is 0 Å².